The first-order valence-corrected chi connectivity index (χ1v) is 11.0. The van der Waals surface area contributed by atoms with Crippen LogP contribution in [0.15, 0.2) is 0 Å². The molecule has 0 aromatic rings. The van der Waals surface area contributed by atoms with Gasteiger partial charge < -0.3 is 15.3 Å². The first-order chi connectivity index (χ1) is 12.9. The van der Waals surface area contributed by atoms with Gasteiger partial charge in [-0.1, -0.05) is 6.92 Å². The first kappa shape index (κ1) is 25.0. The number of hydroxylamine groups is 4. The van der Waals surface area contributed by atoms with E-state index in [1.54, 1.807) is 0 Å². The number of aliphatic hydroxyl groups is 3. The summed E-state index contributed by atoms with van der Waals surface area (Å²) in [6.07, 6.45) is 1.94. The van der Waals surface area contributed by atoms with Gasteiger partial charge in [-0.15, -0.1) is 0 Å². The Morgan fingerprint density at radius 3 is 1.45 bits per heavy atom. The summed E-state index contributed by atoms with van der Waals surface area (Å²) >= 11 is 0. The highest BCUT2D eigenvalue weighted by Crippen LogP contribution is 2.42. The number of rotatable bonds is 6. The van der Waals surface area contributed by atoms with Gasteiger partial charge in [0.25, 0.3) is 0 Å². The van der Waals surface area contributed by atoms with Crippen molar-refractivity contribution in [1.29, 1.82) is 0 Å². The minimum absolute atomic E-state index is 0.0162. The molecular formula is C22H44N2O5. The predicted octanol–water partition coefficient (Wildman–Crippen LogP) is 2.98. The minimum atomic E-state index is -1.50. The molecule has 2 heterocycles. The van der Waals surface area contributed by atoms with Crippen molar-refractivity contribution in [3.63, 3.8) is 0 Å². The molecule has 7 heteroatoms. The van der Waals surface area contributed by atoms with E-state index in [-0.39, 0.29) is 23.8 Å². The molecule has 7 nitrogen and oxygen atoms in total. The maximum atomic E-state index is 11.3. The van der Waals surface area contributed by atoms with Crippen molar-refractivity contribution >= 4 is 0 Å². The van der Waals surface area contributed by atoms with Crippen LogP contribution in [0.5, 0.6) is 0 Å². The molecule has 2 fully saturated rings. The van der Waals surface area contributed by atoms with E-state index in [1.165, 1.54) is 0 Å². The standard InChI is InChI=1S/C22H44N2O5/c1-10-22(27,29-24-20(6,7)13-17(26)14-21(24,8)9)15-28-23-18(2,3)11-16(25)12-19(23,4)5/h16-17,25-27H,10-15H2,1-9H3. The average molecular weight is 417 g/mol. The second-order valence-electron chi connectivity index (χ2n) is 11.6. The summed E-state index contributed by atoms with van der Waals surface area (Å²) in [5, 5.41) is 35.6. The number of piperidine rings is 2. The number of nitrogens with zero attached hydrogens (tertiary/aromatic N) is 2. The predicted molar refractivity (Wildman–Crippen MR) is 113 cm³/mol. The van der Waals surface area contributed by atoms with E-state index in [4.69, 9.17) is 9.68 Å². The van der Waals surface area contributed by atoms with Crippen LogP contribution in [-0.2, 0) is 9.68 Å². The summed E-state index contributed by atoms with van der Waals surface area (Å²) in [5.74, 6) is -1.50. The van der Waals surface area contributed by atoms with Crippen LogP contribution in [0.3, 0.4) is 0 Å². The normalized spacial score (nSPS) is 30.2. The Morgan fingerprint density at radius 1 is 0.759 bits per heavy atom. The van der Waals surface area contributed by atoms with E-state index < -0.39 is 23.0 Å². The number of hydrogen-bond donors (Lipinski definition) is 3. The maximum Gasteiger partial charge on any atom is 0.210 e. The molecule has 172 valence electrons. The maximum absolute atomic E-state index is 11.3. The third kappa shape index (κ3) is 5.50. The third-order valence-corrected chi connectivity index (χ3v) is 6.37. The van der Waals surface area contributed by atoms with Crippen LogP contribution in [0.25, 0.3) is 0 Å². The second kappa shape index (κ2) is 8.01. The Morgan fingerprint density at radius 2 is 1.10 bits per heavy atom. The van der Waals surface area contributed by atoms with Gasteiger partial charge in [-0.2, -0.15) is 10.1 Å². The van der Waals surface area contributed by atoms with Gasteiger partial charge in [-0.05, 0) is 81.1 Å². The topological polar surface area (TPSA) is 85.6 Å². The van der Waals surface area contributed by atoms with Crippen molar-refractivity contribution in [2.24, 2.45) is 0 Å². The fourth-order valence-electron chi connectivity index (χ4n) is 5.55. The smallest absolute Gasteiger partial charge is 0.210 e. The molecule has 0 aromatic heterocycles. The Bertz CT molecular complexity index is 542. The molecule has 2 aliphatic heterocycles. The van der Waals surface area contributed by atoms with Gasteiger partial charge in [0, 0.05) is 28.6 Å². The monoisotopic (exact) mass is 416 g/mol. The van der Waals surface area contributed by atoms with E-state index >= 15 is 0 Å². The molecule has 0 saturated carbocycles. The van der Waals surface area contributed by atoms with Crippen LogP contribution >= 0.6 is 0 Å². The number of aliphatic hydroxyl groups excluding tert-OH is 2. The molecule has 0 bridgehead atoms. The van der Waals surface area contributed by atoms with Crippen LogP contribution in [0.2, 0.25) is 0 Å². The van der Waals surface area contributed by atoms with Gasteiger partial charge in [0.1, 0.15) is 6.61 Å². The highest BCUT2D eigenvalue weighted by atomic mass is 16.8. The van der Waals surface area contributed by atoms with Crippen molar-refractivity contribution < 1.29 is 25.0 Å². The zero-order valence-corrected chi connectivity index (χ0v) is 19.9. The largest absolute Gasteiger partial charge is 0.393 e. The molecule has 0 aromatic carbocycles. The van der Waals surface area contributed by atoms with E-state index in [9.17, 15) is 15.3 Å². The molecule has 2 rings (SSSR count). The summed E-state index contributed by atoms with van der Waals surface area (Å²) in [6.45, 7) is 18.1. The molecule has 0 spiro atoms. The van der Waals surface area contributed by atoms with Crippen LogP contribution in [0, 0.1) is 0 Å². The second-order valence-corrected chi connectivity index (χ2v) is 11.6. The summed E-state index contributed by atoms with van der Waals surface area (Å²) in [4.78, 5) is 12.4. The quantitative estimate of drug-likeness (QED) is 0.574. The van der Waals surface area contributed by atoms with Crippen LogP contribution in [-0.4, -0.2) is 72.2 Å². The minimum Gasteiger partial charge on any atom is -0.393 e. The zero-order valence-electron chi connectivity index (χ0n) is 19.9. The Labute approximate surface area is 176 Å². The van der Waals surface area contributed by atoms with Crippen LogP contribution < -0.4 is 0 Å². The highest BCUT2D eigenvalue weighted by molar-refractivity contribution is 4.98. The van der Waals surface area contributed by atoms with Crippen molar-refractivity contribution in [2.75, 3.05) is 6.61 Å². The average Bonchev–Trinajstić information content (AvgIpc) is 2.47. The molecule has 1 atom stereocenters. The fraction of sp³-hybridized carbons (Fsp3) is 1.00. The third-order valence-electron chi connectivity index (χ3n) is 6.37. The number of hydrogen-bond acceptors (Lipinski definition) is 7. The molecule has 3 N–H and O–H groups in total. The van der Waals surface area contributed by atoms with E-state index in [1.807, 2.05) is 72.4 Å². The Hall–Kier alpha value is -0.280. The summed E-state index contributed by atoms with van der Waals surface area (Å²) < 4.78 is 0. The lowest BCUT2D eigenvalue weighted by Crippen LogP contribution is -2.65. The first-order valence-electron chi connectivity index (χ1n) is 11.0. The Kier molecular flexibility index (Phi) is 6.90. The lowest BCUT2D eigenvalue weighted by atomic mass is 9.80. The van der Waals surface area contributed by atoms with E-state index in [0.717, 1.165) is 0 Å². The van der Waals surface area contributed by atoms with Gasteiger partial charge in [0.15, 0.2) is 0 Å². The van der Waals surface area contributed by atoms with Crippen molar-refractivity contribution in [2.45, 2.75) is 135 Å². The molecule has 29 heavy (non-hydrogen) atoms. The van der Waals surface area contributed by atoms with Crippen LogP contribution in [0.4, 0.5) is 0 Å². The zero-order chi connectivity index (χ0) is 22.5. The van der Waals surface area contributed by atoms with Gasteiger partial charge in [-0.3, -0.25) is 9.68 Å². The molecule has 0 amide bonds. The van der Waals surface area contributed by atoms with E-state index in [2.05, 4.69) is 0 Å². The van der Waals surface area contributed by atoms with Crippen molar-refractivity contribution in [3.8, 4) is 0 Å². The highest BCUT2D eigenvalue weighted by Gasteiger charge is 2.51. The lowest BCUT2D eigenvalue weighted by molar-refractivity contribution is -0.422. The van der Waals surface area contributed by atoms with Crippen molar-refractivity contribution in [3.05, 3.63) is 0 Å². The molecule has 0 radical (unpaired) electrons. The SMILES string of the molecule is CCC(O)(CON1C(C)(C)CC(O)CC1(C)C)ON1C(C)(C)CC(O)CC1(C)C. The lowest BCUT2D eigenvalue weighted by Gasteiger charge is -2.55. The molecule has 0 aliphatic carbocycles. The summed E-state index contributed by atoms with van der Waals surface area (Å²) in [6, 6.07) is 0. The van der Waals surface area contributed by atoms with Gasteiger partial charge in [0.2, 0.25) is 5.79 Å². The van der Waals surface area contributed by atoms with E-state index in [0.29, 0.717) is 32.1 Å². The fourth-order valence-corrected chi connectivity index (χ4v) is 5.55. The molecular weight excluding hydrogens is 372 g/mol. The van der Waals surface area contributed by atoms with Gasteiger partial charge in [0.05, 0.1) is 12.2 Å². The van der Waals surface area contributed by atoms with Crippen molar-refractivity contribution in [1.82, 2.24) is 10.1 Å². The van der Waals surface area contributed by atoms with Gasteiger partial charge in [-0.25, -0.2) is 0 Å². The summed E-state index contributed by atoms with van der Waals surface area (Å²) in [7, 11) is 0. The summed E-state index contributed by atoms with van der Waals surface area (Å²) in [5.41, 5.74) is -1.61. The van der Waals surface area contributed by atoms with Crippen LogP contribution in [0.1, 0.15) is 94.4 Å². The Balaban J connectivity index is 2.17. The molecule has 2 saturated heterocycles. The molecule has 2 aliphatic rings. The van der Waals surface area contributed by atoms with Gasteiger partial charge >= 0.3 is 0 Å². The molecule has 1 unspecified atom stereocenters.